The molecular formula is C15H16O6. The Bertz CT molecular complexity index is 589. The number of carbonyl (C=O) groups is 4. The standard InChI is InChI=1S/C15H16O6/c1-7(16)8-5-9-10(14(19)20-2)6-11(8)15(13(9)18)4-3-12(17)21-15/h5,9-11H,3-4,6H2,1-2H3/t9-,10-,11-,15-/m1/s1. The molecule has 4 aliphatic rings. The lowest BCUT2D eigenvalue weighted by Gasteiger charge is -2.48. The van der Waals surface area contributed by atoms with Crippen LogP contribution < -0.4 is 0 Å². The van der Waals surface area contributed by atoms with Gasteiger partial charge in [0.15, 0.2) is 17.2 Å². The Morgan fingerprint density at radius 1 is 1.38 bits per heavy atom. The molecule has 21 heavy (non-hydrogen) atoms. The van der Waals surface area contributed by atoms with Crippen molar-refractivity contribution in [1.29, 1.82) is 0 Å². The lowest BCUT2D eigenvalue weighted by atomic mass is 9.56. The number of esters is 2. The fourth-order valence-electron chi connectivity index (χ4n) is 3.88. The first-order valence-corrected chi connectivity index (χ1v) is 6.97. The number of fused-ring (bicyclic) bond motifs is 1. The van der Waals surface area contributed by atoms with Crippen molar-refractivity contribution < 1.29 is 28.7 Å². The van der Waals surface area contributed by atoms with Crippen molar-refractivity contribution in [3.63, 3.8) is 0 Å². The number of hydrogen-bond donors (Lipinski definition) is 0. The second-order valence-electron chi connectivity index (χ2n) is 5.85. The zero-order chi connectivity index (χ0) is 15.4. The number of rotatable bonds is 2. The highest BCUT2D eigenvalue weighted by Crippen LogP contribution is 2.53. The van der Waals surface area contributed by atoms with E-state index in [1.165, 1.54) is 14.0 Å². The Morgan fingerprint density at radius 3 is 2.62 bits per heavy atom. The van der Waals surface area contributed by atoms with E-state index in [0.29, 0.717) is 12.0 Å². The highest BCUT2D eigenvalue weighted by Gasteiger charge is 2.64. The molecule has 0 N–H and O–H groups in total. The molecule has 1 saturated heterocycles. The maximum absolute atomic E-state index is 12.7. The molecule has 1 heterocycles. The third-order valence-corrected chi connectivity index (χ3v) is 4.85. The van der Waals surface area contributed by atoms with Gasteiger partial charge in [0.1, 0.15) is 0 Å². The second-order valence-corrected chi connectivity index (χ2v) is 5.85. The first-order chi connectivity index (χ1) is 9.90. The van der Waals surface area contributed by atoms with Crippen LogP contribution in [0.4, 0.5) is 0 Å². The molecule has 6 nitrogen and oxygen atoms in total. The van der Waals surface area contributed by atoms with Gasteiger partial charge in [0.2, 0.25) is 0 Å². The molecule has 1 spiro atoms. The number of Topliss-reactive ketones (excluding diaryl/α,β-unsaturated/α-hetero) is 2. The Kier molecular flexibility index (Phi) is 3.00. The van der Waals surface area contributed by atoms with Gasteiger partial charge in [0.25, 0.3) is 0 Å². The number of hydrogen-bond acceptors (Lipinski definition) is 6. The van der Waals surface area contributed by atoms with Gasteiger partial charge in [0.05, 0.1) is 18.9 Å². The van der Waals surface area contributed by atoms with Crippen LogP contribution in [0.2, 0.25) is 0 Å². The number of allylic oxidation sites excluding steroid dienone is 1. The summed E-state index contributed by atoms with van der Waals surface area (Å²) in [6.45, 7) is 1.43. The van der Waals surface area contributed by atoms with E-state index in [1.807, 2.05) is 0 Å². The number of carbonyl (C=O) groups excluding carboxylic acids is 4. The molecule has 0 radical (unpaired) electrons. The third kappa shape index (κ3) is 1.78. The summed E-state index contributed by atoms with van der Waals surface area (Å²) in [6.07, 6.45) is 2.33. The minimum Gasteiger partial charge on any atom is -0.469 e. The molecule has 112 valence electrons. The van der Waals surface area contributed by atoms with Crippen molar-refractivity contribution in [2.75, 3.05) is 7.11 Å². The average Bonchev–Trinajstić information content (AvgIpc) is 2.85. The Balaban J connectivity index is 2.07. The van der Waals surface area contributed by atoms with Crippen LogP contribution in [0.25, 0.3) is 0 Å². The van der Waals surface area contributed by atoms with E-state index < -0.39 is 35.3 Å². The van der Waals surface area contributed by atoms with E-state index >= 15 is 0 Å². The average molecular weight is 292 g/mol. The summed E-state index contributed by atoms with van der Waals surface area (Å²) < 4.78 is 10.1. The Morgan fingerprint density at radius 2 is 2.10 bits per heavy atom. The first-order valence-electron chi connectivity index (χ1n) is 6.97. The van der Waals surface area contributed by atoms with Crippen molar-refractivity contribution >= 4 is 23.5 Å². The minimum absolute atomic E-state index is 0.150. The number of ketones is 2. The normalized spacial score (nSPS) is 37.4. The van der Waals surface area contributed by atoms with Crippen molar-refractivity contribution in [2.45, 2.75) is 31.8 Å². The molecular weight excluding hydrogens is 276 g/mol. The Hall–Kier alpha value is -1.98. The largest absolute Gasteiger partial charge is 0.469 e. The van der Waals surface area contributed by atoms with Crippen molar-refractivity contribution in [2.24, 2.45) is 17.8 Å². The SMILES string of the molecule is COC(=O)[C@@H]1C[C@@H]2C(C(C)=O)=C[C@H]1C(=O)[C@@]21CCC(=O)O1. The van der Waals surface area contributed by atoms with Crippen LogP contribution in [0.3, 0.4) is 0 Å². The van der Waals surface area contributed by atoms with Gasteiger partial charge in [-0.25, -0.2) is 0 Å². The summed E-state index contributed by atoms with van der Waals surface area (Å²) >= 11 is 0. The van der Waals surface area contributed by atoms with Crippen LogP contribution in [-0.4, -0.2) is 36.2 Å². The summed E-state index contributed by atoms with van der Waals surface area (Å²) in [5.74, 6) is -3.19. The van der Waals surface area contributed by atoms with Crippen LogP contribution in [-0.2, 0) is 28.7 Å². The van der Waals surface area contributed by atoms with Gasteiger partial charge in [-0.05, 0) is 18.9 Å². The molecule has 6 heteroatoms. The quantitative estimate of drug-likeness (QED) is 0.692. The van der Waals surface area contributed by atoms with Crippen molar-refractivity contribution in [3.05, 3.63) is 11.6 Å². The van der Waals surface area contributed by atoms with Gasteiger partial charge in [-0.15, -0.1) is 0 Å². The van der Waals surface area contributed by atoms with Gasteiger partial charge in [-0.1, -0.05) is 6.08 Å². The van der Waals surface area contributed by atoms with E-state index in [0.717, 1.165) is 0 Å². The lowest BCUT2D eigenvalue weighted by molar-refractivity contribution is -0.175. The fraction of sp³-hybridized carbons (Fsp3) is 0.600. The smallest absolute Gasteiger partial charge is 0.309 e. The first kappa shape index (κ1) is 14.0. The molecule has 0 aromatic carbocycles. The molecule has 2 fully saturated rings. The zero-order valence-corrected chi connectivity index (χ0v) is 11.9. The zero-order valence-electron chi connectivity index (χ0n) is 11.9. The van der Waals surface area contributed by atoms with Gasteiger partial charge in [-0.2, -0.15) is 0 Å². The number of ether oxygens (including phenoxy) is 2. The van der Waals surface area contributed by atoms with Gasteiger partial charge < -0.3 is 9.47 Å². The highest BCUT2D eigenvalue weighted by molar-refractivity contribution is 6.05. The van der Waals surface area contributed by atoms with Gasteiger partial charge >= 0.3 is 11.9 Å². The van der Waals surface area contributed by atoms with E-state index in [2.05, 4.69) is 0 Å². The van der Waals surface area contributed by atoms with Gasteiger partial charge in [0, 0.05) is 18.8 Å². The fourth-order valence-corrected chi connectivity index (χ4v) is 3.88. The molecule has 0 aromatic heterocycles. The van der Waals surface area contributed by atoms with Crippen LogP contribution in [0.15, 0.2) is 11.6 Å². The summed E-state index contributed by atoms with van der Waals surface area (Å²) in [5.41, 5.74) is -0.753. The summed E-state index contributed by atoms with van der Waals surface area (Å²) in [5, 5.41) is 0. The van der Waals surface area contributed by atoms with Gasteiger partial charge in [-0.3, -0.25) is 19.2 Å². The number of methoxy groups -OCH3 is 1. The molecule has 1 saturated carbocycles. The van der Waals surface area contributed by atoms with Crippen LogP contribution in [0.5, 0.6) is 0 Å². The van der Waals surface area contributed by atoms with E-state index in [9.17, 15) is 19.2 Å². The molecule has 4 atom stereocenters. The summed E-state index contributed by atoms with van der Waals surface area (Å²) in [7, 11) is 1.27. The molecule has 4 rings (SSSR count). The van der Waals surface area contributed by atoms with Crippen molar-refractivity contribution in [1.82, 2.24) is 0 Å². The highest BCUT2D eigenvalue weighted by atomic mass is 16.6. The van der Waals surface area contributed by atoms with E-state index in [4.69, 9.17) is 9.47 Å². The van der Waals surface area contributed by atoms with E-state index in [1.54, 1.807) is 6.08 Å². The molecule has 0 aromatic rings. The maximum atomic E-state index is 12.7. The minimum atomic E-state index is -1.25. The van der Waals surface area contributed by atoms with Crippen LogP contribution in [0.1, 0.15) is 26.2 Å². The molecule has 0 amide bonds. The predicted molar refractivity (Wildman–Crippen MR) is 68.9 cm³/mol. The molecule has 2 bridgehead atoms. The lowest BCUT2D eigenvalue weighted by Crippen LogP contribution is -2.60. The van der Waals surface area contributed by atoms with Crippen LogP contribution in [0, 0.1) is 17.8 Å². The van der Waals surface area contributed by atoms with Crippen LogP contribution >= 0.6 is 0 Å². The Labute approximate surface area is 121 Å². The summed E-state index contributed by atoms with van der Waals surface area (Å²) in [6, 6.07) is 0. The topological polar surface area (TPSA) is 86.7 Å². The second kappa shape index (κ2) is 4.51. The van der Waals surface area contributed by atoms with E-state index in [-0.39, 0.29) is 24.4 Å². The molecule has 3 aliphatic carbocycles. The molecule has 1 aliphatic heterocycles. The predicted octanol–water partition coefficient (Wildman–Crippen LogP) is 0.586. The third-order valence-electron chi connectivity index (χ3n) is 4.85. The maximum Gasteiger partial charge on any atom is 0.309 e. The summed E-state index contributed by atoms with van der Waals surface area (Å²) in [4.78, 5) is 47.9. The molecule has 0 unspecified atom stereocenters. The monoisotopic (exact) mass is 292 g/mol. The van der Waals surface area contributed by atoms with Crippen molar-refractivity contribution in [3.8, 4) is 0 Å².